The predicted molar refractivity (Wildman–Crippen MR) is 117 cm³/mol. The maximum Gasteiger partial charge on any atom is 0.166 e. The number of phenolic OH excluding ortho intramolecular Hbond substituents is 2. The minimum absolute atomic E-state index is 0.207. The topological polar surface area (TPSA) is 74.6 Å². The van der Waals surface area contributed by atoms with E-state index >= 15 is 0 Å². The van der Waals surface area contributed by atoms with E-state index < -0.39 is 5.92 Å². The molecule has 0 fully saturated rings. The van der Waals surface area contributed by atoms with E-state index in [0.717, 1.165) is 35.1 Å². The quantitative estimate of drug-likeness (QED) is 0.443. The summed E-state index contributed by atoms with van der Waals surface area (Å²) >= 11 is 0. The summed E-state index contributed by atoms with van der Waals surface area (Å²) in [6, 6.07) is 10.2. The zero-order chi connectivity index (χ0) is 21.4. The van der Waals surface area contributed by atoms with Gasteiger partial charge in [-0.2, -0.15) is 0 Å². The van der Waals surface area contributed by atoms with Gasteiger partial charge in [0.25, 0.3) is 0 Å². The lowest BCUT2D eigenvalue weighted by Crippen LogP contribution is -2.21. The molecule has 0 spiro atoms. The number of aryl methyl sites for hydroxylation is 2. The fourth-order valence-corrected chi connectivity index (χ4v) is 2.99. The van der Waals surface area contributed by atoms with Gasteiger partial charge in [0.05, 0.1) is 5.92 Å². The minimum atomic E-state index is -0.709. The molecule has 0 saturated carbocycles. The van der Waals surface area contributed by atoms with Crippen molar-refractivity contribution in [2.75, 3.05) is 0 Å². The molecule has 0 atom stereocenters. The van der Waals surface area contributed by atoms with Gasteiger partial charge in [-0.1, -0.05) is 44.1 Å². The van der Waals surface area contributed by atoms with Gasteiger partial charge in [-0.3, -0.25) is 9.59 Å². The Balaban J connectivity index is 2.15. The Morgan fingerprint density at radius 3 is 1.69 bits per heavy atom. The van der Waals surface area contributed by atoms with Crippen LogP contribution in [0.25, 0.3) is 12.2 Å². The standard InChI is InChI=1S/C25H28O4/c1-4-5-6-21(24(28)13-9-19-7-11-22(26)17(2)15-19)25(29)14-10-20-8-12-23(27)18(3)16-20/h7-16,21,26-27H,4-6H2,1-3H3/b13-9+,14-10+. The zero-order valence-electron chi connectivity index (χ0n) is 17.2. The SMILES string of the molecule is CCCCC(C(=O)/C=C/c1ccc(O)c(C)c1)C(=O)/C=C/c1ccc(O)c(C)c1. The second-order valence-electron chi connectivity index (χ2n) is 7.26. The summed E-state index contributed by atoms with van der Waals surface area (Å²) in [5.41, 5.74) is 3.05. The largest absolute Gasteiger partial charge is 0.508 e. The maximum atomic E-state index is 12.7. The van der Waals surface area contributed by atoms with Crippen molar-refractivity contribution >= 4 is 23.7 Å². The highest BCUT2D eigenvalue weighted by Gasteiger charge is 2.22. The van der Waals surface area contributed by atoms with Gasteiger partial charge in [0.2, 0.25) is 0 Å². The Morgan fingerprint density at radius 1 is 0.862 bits per heavy atom. The second kappa shape index (κ2) is 10.4. The molecular weight excluding hydrogens is 364 g/mol. The summed E-state index contributed by atoms with van der Waals surface area (Å²) in [7, 11) is 0. The normalized spacial score (nSPS) is 11.6. The lowest BCUT2D eigenvalue weighted by molar-refractivity contribution is -0.127. The fourth-order valence-electron chi connectivity index (χ4n) is 2.99. The molecule has 0 aromatic heterocycles. The Hall–Kier alpha value is -3.14. The summed E-state index contributed by atoms with van der Waals surface area (Å²) in [6.45, 7) is 5.60. The van der Waals surface area contributed by atoms with E-state index in [4.69, 9.17) is 0 Å². The van der Waals surface area contributed by atoms with Crippen LogP contribution in [0.4, 0.5) is 0 Å². The molecule has 2 aromatic carbocycles. The van der Waals surface area contributed by atoms with Crippen molar-refractivity contribution < 1.29 is 19.8 Å². The van der Waals surface area contributed by atoms with Crippen LogP contribution in [0.3, 0.4) is 0 Å². The molecule has 0 heterocycles. The molecule has 2 rings (SSSR count). The van der Waals surface area contributed by atoms with E-state index in [2.05, 4.69) is 0 Å². The number of carbonyl (C=O) groups excluding carboxylic acids is 2. The summed E-state index contributed by atoms with van der Waals surface area (Å²) in [5, 5.41) is 19.2. The number of unbranched alkanes of at least 4 members (excludes halogenated alkanes) is 1. The third-order valence-electron chi connectivity index (χ3n) is 4.86. The van der Waals surface area contributed by atoms with Gasteiger partial charge in [-0.05, 0) is 78.9 Å². The average molecular weight is 392 g/mol. The number of phenols is 2. The monoisotopic (exact) mass is 392 g/mol. The van der Waals surface area contributed by atoms with E-state index in [0.29, 0.717) is 6.42 Å². The van der Waals surface area contributed by atoms with Gasteiger partial charge >= 0.3 is 0 Å². The molecule has 29 heavy (non-hydrogen) atoms. The molecule has 2 aromatic rings. The molecule has 4 heteroatoms. The zero-order valence-corrected chi connectivity index (χ0v) is 17.2. The molecule has 0 bridgehead atoms. The fraction of sp³-hybridized carbons (Fsp3) is 0.280. The lowest BCUT2D eigenvalue weighted by Gasteiger charge is -2.10. The van der Waals surface area contributed by atoms with Crippen LogP contribution in [0.1, 0.15) is 48.4 Å². The van der Waals surface area contributed by atoms with Crippen LogP contribution >= 0.6 is 0 Å². The Labute approximate surface area is 172 Å². The van der Waals surface area contributed by atoms with Gasteiger partial charge in [-0.15, -0.1) is 0 Å². The highest BCUT2D eigenvalue weighted by molar-refractivity contribution is 6.13. The lowest BCUT2D eigenvalue weighted by atomic mass is 9.91. The van der Waals surface area contributed by atoms with Crippen molar-refractivity contribution in [1.29, 1.82) is 0 Å². The Morgan fingerprint density at radius 2 is 1.31 bits per heavy atom. The van der Waals surface area contributed by atoms with Gasteiger partial charge in [0.15, 0.2) is 11.6 Å². The maximum absolute atomic E-state index is 12.7. The van der Waals surface area contributed by atoms with E-state index in [1.807, 2.05) is 6.92 Å². The highest BCUT2D eigenvalue weighted by atomic mass is 16.3. The van der Waals surface area contributed by atoms with Crippen molar-refractivity contribution in [3.05, 3.63) is 70.8 Å². The summed E-state index contributed by atoms with van der Waals surface area (Å²) < 4.78 is 0. The van der Waals surface area contributed by atoms with Crippen LogP contribution in [0.2, 0.25) is 0 Å². The molecule has 0 saturated heterocycles. The van der Waals surface area contributed by atoms with Crippen LogP contribution in [-0.4, -0.2) is 21.8 Å². The average Bonchev–Trinajstić information content (AvgIpc) is 2.70. The van der Waals surface area contributed by atoms with E-state index in [-0.39, 0.29) is 23.1 Å². The molecule has 0 radical (unpaired) electrons. The summed E-state index contributed by atoms with van der Waals surface area (Å²) in [6.07, 6.45) is 8.44. The van der Waals surface area contributed by atoms with E-state index in [1.165, 1.54) is 12.2 Å². The first kappa shape index (κ1) is 22.2. The van der Waals surface area contributed by atoms with Crippen molar-refractivity contribution in [1.82, 2.24) is 0 Å². The number of ketones is 2. The number of hydrogen-bond acceptors (Lipinski definition) is 4. The number of hydrogen-bond donors (Lipinski definition) is 2. The molecule has 0 amide bonds. The van der Waals surface area contributed by atoms with Crippen molar-refractivity contribution in [2.24, 2.45) is 5.92 Å². The molecular formula is C25H28O4. The van der Waals surface area contributed by atoms with Crippen LogP contribution in [-0.2, 0) is 9.59 Å². The third-order valence-corrected chi connectivity index (χ3v) is 4.86. The minimum Gasteiger partial charge on any atom is -0.508 e. The Kier molecular flexibility index (Phi) is 7.96. The molecule has 0 aliphatic carbocycles. The van der Waals surface area contributed by atoms with Gasteiger partial charge < -0.3 is 10.2 Å². The Bertz CT molecular complexity index is 864. The van der Waals surface area contributed by atoms with Crippen molar-refractivity contribution in [2.45, 2.75) is 40.0 Å². The smallest absolute Gasteiger partial charge is 0.166 e. The molecule has 4 nitrogen and oxygen atoms in total. The summed E-state index contributed by atoms with van der Waals surface area (Å²) in [4.78, 5) is 25.4. The highest BCUT2D eigenvalue weighted by Crippen LogP contribution is 2.20. The molecule has 152 valence electrons. The van der Waals surface area contributed by atoms with Crippen LogP contribution in [0, 0.1) is 19.8 Å². The predicted octanol–water partition coefficient (Wildman–Crippen LogP) is 5.39. The first-order valence-corrected chi connectivity index (χ1v) is 9.85. The van der Waals surface area contributed by atoms with Gasteiger partial charge in [0.1, 0.15) is 11.5 Å². The number of carbonyl (C=O) groups is 2. The van der Waals surface area contributed by atoms with Crippen molar-refractivity contribution in [3.8, 4) is 11.5 Å². The van der Waals surface area contributed by atoms with E-state index in [1.54, 1.807) is 62.4 Å². The van der Waals surface area contributed by atoms with Gasteiger partial charge in [-0.25, -0.2) is 0 Å². The molecule has 0 aliphatic rings. The number of allylic oxidation sites excluding steroid dienone is 2. The second-order valence-corrected chi connectivity index (χ2v) is 7.26. The first-order valence-electron chi connectivity index (χ1n) is 9.85. The molecule has 0 aliphatic heterocycles. The number of aromatic hydroxyl groups is 2. The third kappa shape index (κ3) is 6.46. The van der Waals surface area contributed by atoms with E-state index in [9.17, 15) is 19.8 Å². The summed E-state index contributed by atoms with van der Waals surface area (Å²) in [5.74, 6) is -0.738. The first-order chi connectivity index (χ1) is 13.8. The van der Waals surface area contributed by atoms with Gasteiger partial charge in [0, 0.05) is 0 Å². The molecule has 2 N–H and O–H groups in total. The van der Waals surface area contributed by atoms with Crippen LogP contribution in [0.5, 0.6) is 11.5 Å². The number of benzene rings is 2. The van der Waals surface area contributed by atoms with Crippen molar-refractivity contribution in [3.63, 3.8) is 0 Å². The molecule has 0 unspecified atom stereocenters. The van der Waals surface area contributed by atoms with Crippen LogP contribution < -0.4 is 0 Å². The van der Waals surface area contributed by atoms with Crippen LogP contribution in [0.15, 0.2) is 48.6 Å². The number of rotatable bonds is 9.